The highest BCUT2D eigenvalue weighted by atomic mass is 16.3. The Bertz CT molecular complexity index is 416. The number of amides is 1. The number of benzene rings is 1. The van der Waals surface area contributed by atoms with Crippen LogP contribution in [0.25, 0.3) is 0 Å². The Morgan fingerprint density at radius 1 is 1.24 bits per heavy atom. The maximum absolute atomic E-state index is 11.8. The summed E-state index contributed by atoms with van der Waals surface area (Å²) in [7, 11) is 0. The summed E-state index contributed by atoms with van der Waals surface area (Å²) in [6, 6.07) is 8.89. The molecule has 1 aromatic carbocycles. The van der Waals surface area contributed by atoms with Gasteiger partial charge < -0.3 is 10.0 Å². The van der Waals surface area contributed by atoms with Gasteiger partial charge in [0.2, 0.25) is 5.78 Å². The Kier molecular flexibility index (Phi) is 3.54. The molecule has 1 fully saturated rings. The van der Waals surface area contributed by atoms with Gasteiger partial charge in [-0.3, -0.25) is 9.59 Å². The van der Waals surface area contributed by atoms with Gasteiger partial charge in [-0.25, -0.2) is 0 Å². The Labute approximate surface area is 99.9 Å². The van der Waals surface area contributed by atoms with Gasteiger partial charge >= 0.3 is 0 Å². The number of aliphatic hydroxyl groups excluding tert-OH is 1. The fraction of sp³-hybridized carbons (Fsp3) is 0.385. The van der Waals surface area contributed by atoms with Gasteiger partial charge in [0.15, 0.2) is 0 Å². The fourth-order valence-corrected chi connectivity index (χ4v) is 2.14. The largest absolute Gasteiger partial charge is 0.394 e. The molecule has 1 N–H and O–H groups in total. The fourth-order valence-electron chi connectivity index (χ4n) is 2.14. The van der Waals surface area contributed by atoms with Gasteiger partial charge in [0.05, 0.1) is 12.6 Å². The summed E-state index contributed by atoms with van der Waals surface area (Å²) in [5.41, 5.74) is 0.859. The summed E-state index contributed by atoms with van der Waals surface area (Å²) in [6.45, 7) is 0.369. The second-order valence-corrected chi connectivity index (χ2v) is 4.13. The number of Topliss-reactive ketones (excluding diaryl/α,β-unsaturated/α-hetero) is 1. The lowest BCUT2D eigenvalue weighted by atomic mass is 10.0. The molecule has 90 valence electrons. The van der Waals surface area contributed by atoms with Crippen LogP contribution in [0.15, 0.2) is 30.3 Å². The van der Waals surface area contributed by atoms with Gasteiger partial charge in [-0.05, 0) is 12.0 Å². The number of carbonyl (C=O) groups is 2. The molecular weight excluding hydrogens is 218 g/mol. The first-order chi connectivity index (χ1) is 8.24. The van der Waals surface area contributed by atoms with Gasteiger partial charge in [0.25, 0.3) is 5.91 Å². The number of hydrogen-bond donors (Lipinski definition) is 1. The minimum Gasteiger partial charge on any atom is -0.394 e. The topological polar surface area (TPSA) is 57.6 Å². The van der Waals surface area contributed by atoms with Crippen LogP contribution in [-0.2, 0) is 9.59 Å². The summed E-state index contributed by atoms with van der Waals surface area (Å²) < 4.78 is 0. The van der Waals surface area contributed by atoms with Crippen molar-refractivity contribution in [3.63, 3.8) is 0 Å². The highest BCUT2D eigenvalue weighted by molar-refractivity contribution is 6.36. The number of hydrogen-bond acceptors (Lipinski definition) is 3. The average molecular weight is 233 g/mol. The van der Waals surface area contributed by atoms with Crippen LogP contribution in [0.4, 0.5) is 0 Å². The maximum Gasteiger partial charge on any atom is 0.290 e. The maximum atomic E-state index is 11.8. The van der Waals surface area contributed by atoms with Crippen LogP contribution in [0.5, 0.6) is 0 Å². The number of likely N-dealkylation sites (tertiary alicyclic amines) is 1. The highest BCUT2D eigenvalue weighted by Crippen LogP contribution is 2.23. The molecule has 0 bridgehead atoms. The summed E-state index contributed by atoms with van der Waals surface area (Å²) in [6.07, 6.45) is 0.996. The normalized spacial score (nSPS) is 18.3. The summed E-state index contributed by atoms with van der Waals surface area (Å²) >= 11 is 0. The van der Waals surface area contributed by atoms with Gasteiger partial charge in [-0.15, -0.1) is 0 Å². The molecule has 2 rings (SSSR count). The molecule has 1 aliphatic rings. The third kappa shape index (κ3) is 2.36. The number of nitrogens with zero attached hydrogens (tertiary/aromatic N) is 1. The minimum absolute atomic E-state index is 0.164. The first-order valence-electron chi connectivity index (χ1n) is 5.73. The van der Waals surface area contributed by atoms with Gasteiger partial charge in [0, 0.05) is 13.0 Å². The van der Waals surface area contributed by atoms with Crippen LogP contribution in [-0.4, -0.2) is 34.8 Å². The van der Waals surface area contributed by atoms with E-state index >= 15 is 0 Å². The number of ketones is 1. The Morgan fingerprint density at radius 2 is 1.94 bits per heavy atom. The van der Waals surface area contributed by atoms with Crippen molar-refractivity contribution in [3.8, 4) is 0 Å². The van der Waals surface area contributed by atoms with Crippen molar-refractivity contribution in [2.75, 3.05) is 13.2 Å². The van der Waals surface area contributed by atoms with Crippen LogP contribution in [0.1, 0.15) is 24.4 Å². The second kappa shape index (κ2) is 5.10. The van der Waals surface area contributed by atoms with Crippen molar-refractivity contribution >= 4 is 11.7 Å². The van der Waals surface area contributed by atoms with E-state index in [-0.39, 0.29) is 12.4 Å². The van der Waals surface area contributed by atoms with E-state index in [1.165, 1.54) is 4.90 Å². The highest BCUT2D eigenvalue weighted by Gasteiger charge is 2.31. The molecule has 0 saturated carbocycles. The zero-order valence-electron chi connectivity index (χ0n) is 9.50. The predicted molar refractivity (Wildman–Crippen MR) is 62.2 cm³/mol. The molecule has 1 saturated heterocycles. The van der Waals surface area contributed by atoms with Crippen LogP contribution < -0.4 is 0 Å². The molecule has 0 spiro atoms. The van der Waals surface area contributed by atoms with Crippen molar-refractivity contribution in [1.82, 2.24) is 4.90 Å². The summed E-state index contributed by atoms with van der Waals surface area (Å²) in [5.74, 6) is -0.829. The van der Waals surface area contributed by atoms with E-state index < -0.39 is 11.9 Å². The predicted octanol–water partition coefficient (Wildman–Crippen LogP) is 0.911. The van der Waals surface area contributed by atoms with Crippen molar-refractivity contribution in [3.05, 3.63) is 35.9 Å². The van der Waals surface area contributed by atoms with E-state index in [0.29, 0.717) is 19.4 Å². The van der Waals surface area contributed by atoms with Gasteiger partial charge in [-0.2, -0.15) is 0 Å². The van der Waals surface area contributed by atoms with Gasteiger partial charge in [0.1, 0.15) is 0 Å². The molecule has 0 aromatic heterocycles. The van der Waals surface area contributed by atoms with E-state index in [9.17, 15) is 14.7 Å². The van der Waals surface area contributed by atoms with E-state index in [0.717, 1.165) is 5.56 Å². The number of aliphatic hydroxyl groups is 1. The third-order valence-corrected chi connectivity index (χ3v) is 3.04. The molecule has 1 atom stereocenters. The molecule has 4 nitrogen and oxygen atoms in total. The van der Waals surface area contributed by atoms with Crippen LogP contribution in [0.2, 0.25) is 0 Å². The molecule has 4 heteroatoms. The molecule has 0 aliphatic carbocycles. The van der Waals surface area contributed by atoms with Crippen LogP contribution in [0, 0.1) is 0 Å². The first kappa shape index (κ1) is 11.8. The lowest BCUT2D eigenvalue weighted by molar-refractivity contribution is -0.149. The molecule has 1 aliphatic heterocycles. The Balaban J connectivity index is 2.24. The molecular formula is C13H15NO3. The molecule has 1 amide bonds. The Morgan fingerprint density at radius 3 is 2.59 bits per heavy atom. The molecule has 1 aromatic rings. The summed E-state index contributed by atoms with van der Waals surface area (Å²) in [4.78, 5) is 24.6. The van der Waals surface area contributed by atoms with Crippen molar-refractivity contribution in [2.45, 2.75) is 18.9 Å². The average Bonchev–Trinajstić information content (AvgIpc) is 2.37. The summed E-state index contributed by atoms with van der Waals surface area (Å²) in [5, 5.41) is 9.43. The van der Waals surface area contributed by atoms with Crippen LogP contribution in [0.3, 0.4) is 0 Å². The van der Waals surface area contributed by atoms with Crippen molar-refractivity contribution < 1.29 is 14.7 Å². The molecule has 0 radical (unpaired) electrons. The van der Waals surface area contributed by atoms with Crippen molar-refractivity contribution in [2.24, 2.45) is 0 Å². The quantitative estimate of drug-likeness (QED) is 0.789. The zero-order chi connectivity index (χ0) is 12.3. The zero-order valence-corrected chi connectivity index (χ0v) is 9.50. The number of rotatable bonds is 3. The SMILES string of the molecule is O=C1CCCN(C(CO)c2ccccc2)C1=O. The smallest absolute Gasteiger partial charge is 0.290 e. The lowest BCUT2D eigenvalue weighted by Crippen LogP contribution is -2.44. The number of carbonyl (C=O) groups excluding carboxylic acids is 2. The molecule has 17 heavy (non-hydrogen) atoms. The first-order valence-corrected chi connectivity index (χ1v) is 5.73. The standard InChI is InChI=1S/C13H15NO3/c15-9-11(10-5-2-1-3-6-10)14-8-4-7-12(16)13(14)17/h1-3,5-6,11,15H,4,7-9H2. The number of piperidine rings is 1. The van der Waals surface area contributed by atoms with Gasteiger partial charge in [-0.1, -0.05) is 30.3 Å². The van der Waals surface area contributed by atoms with Crippen LogP contribution >= 0.6 is 0 Å². The minimum atomic E-state index is -0.473. The van der Waals surface area contributed by atoms with E-state index in [2.05, 4.69) is 0 Å². The molecule has 1 unspecified atom stereocenters. The monoisotopic (exact) mass is 233 g/mol. The third-order valence-electron chi connectivity index (χ3n) is 3.04. The second-order valence-electron chi connectivity index (χ2n) is 4.13. The molecule has 1 heterocycles. The van der Waals surface area contributed by atoms with E-state index in [1.807, 2.05) is 30.3 Å². The van der Waals surface area contributed by atoms with E-state index in [4.69, 9.17) is 0 Å². The Hall–Kier alpha value is -1.68. The van der Waals surface area contributed by atoms with Crippen molar-refractivity contribution in [1.29, 1.82) is 0 Å². The van der Waals surface area contributed by atoms with E-state index in [1.54, 1.807) is 0 Å². The lowest BCUT2D eigenvalue weighted by Gasteiger charge is -2.33.